The van der Waals surface area contributed by atoms with Crippen LogP contribution in [0.2, 0.25) is 0 Å². The lowest BCUT2D eigenvalue weighted by Crippen LogP contribution is -2.57. The van der Waals surface area contributed by atoms with Gasteiger partial charge in [-0.05, 0) is 47.1 Å². The van der Waals surface area contributed by atoms with Crippen molar-refractivity contribution in [1.82, 2.24) is 9.80 Å². The minimum Gasteiger partial charge on any atom is -0.459 e. The van der Waals surface area contributed by atoms with Gasteiger partial charge in [-0.1, -0.05) is 5.11 Å². The number of piperazine rings is 1. The third kappa shape index (κ3) is 8.09. The number of hydrogen-bond acceptors (Lipinski definition) is 6. The summed E-state index contributed by atoms with van der Waals surface area (Å²) in [6, 6.07) is -0.260. The molecule has 0 radical (unpaired) electrons. The molecular weight excluding hydrogens is 326 g/mol. The van der Waals surface area contributed by atoms with Crippen molar-refractivity contribution in [2.45, 2.75) is 58.8 Å². The first-order valence-electron chi connectivity index (χ1n) is 8.36. The van der Waals surface area contributed by atoms with Crippen molar-refractivity contribution >= 4 is 12.1 Å². The summed E-state index contributed by atoms with van der Waals surface area (Å²) in [6.07, 6.45) is -0.407. The van der Waals surface area contributed by atoms with E-state index < -0.39 is 17.3 Å². The van der Waals surface area contributed by atoms with E-state index in [4.69, 9.17) is 15.0 Å². The summed E-state index contributed by atoms with van der Waals surface area (Å²) >= 11 is 0. The number of nitrogens with zero attached hydrogens (tertiary/aromatic N) is 5. The van der Waals surface area contributed by atoms with Gasteiger partial charge in [-0.15, -0.1) is 0 Å². The summed E-state index contributed by atoms with van der Waals surface area (Å²) < 4.78 is 10.7. The third-order valence-electron chi connectivity index (χ3n) is 3.36. The average molecular weight is 355 g/mol. The predicted molar refractivity (Wildman–Crippen MR) is 93.0 cm³/mol. The molecule has 142 valence electrons. The predicted octanol–water partition coefficient (Wildman–Crippen LogP) is 2.56. The Bertz CT molecular complexity index is 532. The molecule has 0 aromatic carbocycles. The fraction of sp³-hybridized carbons (Fsp3) is 0.875. The molecule has 25 heavy (non-hydrogen) atoms. The van der Waals surface area contributed by atoms with E-state index in [0.717, 1.165) is 0 Å². The van der Waals surface area contributed by atoms with Crippen molar-refractivity contribution in [2.75, 3.05) is 32.7 Å². The molecular formula is C16H29N5O4. The summed E-state index contributed by atoms with van der Waals surface area (Å²) in [6.45, 7) is 12.3. The van der Waals surface area contributed by atoms with Crippen LogP contribution in [0, 0.1) is 0 Å². The zero-order valence-electron chi connectivity index (χ0n) is 16.0. The Kier molecular flexibility index (Phi) is 7.07. The van der Waals surface area contributed by atoms with E-state index >= 15 is 0 Å². The average Bonchev–Trinajstić information content (AvgIpc) is 2.42. The molecule has 1 aliphatic rings. The number of esters is 1. The SMILES string of the molecule is CC(C)(C)OC(=O)CN1CCN(C(=O)OC(C)(C)C)CC1CN=[N+]=[N-]. The van der Waals surface area contributed by atoms with Gasteiger partial charge in [-0.3, -0.25) is 9.69 Å². The number of carbonyl (C=O) groups excluding carboxylic acids is 2. The molecule has 0 spiro atoms. The van der Waals surface area contributed by atoms with Gasteiger partial charge in [0.25, 0.3) is 0 Å². The minimum absolute atomic E-state index is 0.0883. The second-order valence-corrected chi connectivity index (χ2v) is 8.05. The van der Waals surface area contributed by atoms with E-state index in [9.17, 15) is 9.59 Å². The smallest absolute Gasteiger partial charge is 0.410 e. The maximum absolute atomic E-state index is 12.2. The molecule has 1 fully saturated rings. The third-order valence-corrected chi connectivity index (χ3v) is 3.36. The summed E-state index contributed by atoms with van der Waals surface area (Å²) in [5, 5.41) is 3.60. The first kappa shape index (κ1) is 21.1. The first-order chi connectivity index (χ1) is 11.4. The largest absolute Gasteiger partial charge is 0.459 e. The van der Waals surface area contributed by atoms with Gasteiger partial charge in [0.05, 0.1) is 6.54 Å². The van der Waals surface area contributed by atoms with Crippen molar-refractivity contribution < 1.29 is 19.1 Å². The van der Waals surface area contributed by atoms with Crippen LogP contribution in [0.15, 0.2) is 5.11 Å². The van der Waals surface area contributed by atoms with E-state index in [-0.39, 0.29) is 25.1 Å². The molecule has 0 aromatic heterocycles. The maximum atomic E-state index is 12.2. The van der Waals surface area contributed by atoms with Gasteiger partial charge in [0.15, 0.2) is 0 Å². The van der Waals surface area contributed by atoms with Gasteiger partial charge >= 0.3 is 12.1 Å². The van der Waals surface area contributed by atoms with Crippen molar-refractivity contribution in [1.29, 1.82) is 0 Å². The molecule has 0 bridgehead atoms. The van der Waals surface area contributed by atoms with Crippen molar-refractivity contribution in [2.24, 2.45) is 5.11 Å². The Hall–Kier alpha value is -1.99. The number of hydrogen-bond donors (Lipinski definition) is 0. The molecule has 1 rings (SSSR count). The standard InChI is InChI=1S/C16H29N5O4/c1-15(2,3)24-13(22)11-20-7-8-21(10-12(20)9-18-19-17)14(23)25-16(4,5)6/h12H,7-11H2,1-6H3. The van der Waals surface area contributed by atoms with Gasteiger partial charge in [0, 0.05) is 37.1 Å². The van der Waals surface area contributed by atoms with E-state index in [0.29, 0.717) is 19.6 Å². The fourth-order valence-corrected chi connectivity index (χ4v) is 2.44. The van der Waals surface area contributed by atoms with Crippen molar-refractivity contribution in [3.8, 4) is 0 Å². The Labute approximate surface area is 148 Å². The molecule has 9 heteroatoms. The molecule has 1 atom stereocenters. The molecule has 1 unspecified atom stereocenters. The second-order valence-electron chi connectivity index (χ2n) is 8.05. The number of ether oxygens (including phenoxy) is 2. The highest BCUT2D eigenvalue weighted by molar-refractivity contribution is 5.72. The molecule has 0 saturated carbocycles. The molecule has 0 aromatic rings. The van der Waals surface area contributed by atoms with Crippen LogP contribution in [0.1, 0.15) is 41.5 Å². The normalized spacial score (nSPS) is 19.1. The summed E-state index contributed by atoms with van der Waals surface area (Å²) in [4.78, 5) is 30.6. The summed E-state index contributed by atoms with van der Waals surface area (Å²) in [5.41, 5.74) is 7.45. The van der Waals surface area contributed by atoms with Gasteiger partial charge < -0.3 is 14.4 Å². The van der Waals surface area contributed by atoms with Crippen LogP contribution in [0.4, 0.5) is 4.79 Å². The van der Waals surface area contributed by atoms with Crippen LogP contribution in [-0.2, 0) is 14.3 Å². The maximum Gasteiger partial charge on any atom is 0.410 e. The molecule has 1 amide bonds. The Morgan fingerprint density at radius 2 is 1.72 bits per heavy atom. The topological polar surface area (TPSA) is 108 Å². The van der Waals surface area contributed by atoms with Gasteiger partial charge in [0.2, 0.25) is 0 Å². The van der Waals surface area contributed by atoms with E-state index in [1.54, 1.807) is 25.7 Å². The van der Waals surface area contributed by atoms with Crippen molar-refractivity contribution in [3.05, 3.63) is 10.4 Å². The van der Waals surface area contributed by atoms with Gasteiger partial charge in [-0.25, -0.2) is 4.79 Å². The molecule has 0 aliphatic carbocycles. The Balaban J connectivity index is 2.74. The van der Waals surface area contributed by atoms with E-state index in [1.165, 1.54) is 0 Å². The monoisotopic (exact) mass is 355 g/mol. The summed E-state index contributed by atoms with van der Waals surface area (Å²) in [7, 11) is 0. The van der Waals surface area contributed by atoms with E-state index in [2.05, 4.69) is 10.0 Å². The van der Waals surface area contributed by atoms with Crippen LogP contribution < -0.4 is 0 Å². The number of amides is 1. The molecule has 1 saturated heterocycles. The zero-order valence-corrected chi connectivity index (χ0v) is 16.0. The van der Waals surface area contributed by atoms with Crippen LogP contribution in [-0.4, -0.2) is 71.8 Å². The highest BCUT2D eigenvalue weighted by atomic mass is 16.6. The Morgan fingerprint density at radius 3 is 2.24 bits per heavy atom. The number of azide groups is 1. The highest BCUT2D eigenvalue weighted by Crippen LogP contribution is 2.16. The van der Waals surface area contributed by atoms with Crippen molar-refractivity contribution in [3.63, 3.8) is 0 Å². The highest BCUT2D eigenvalue weighted by Gasteiger charge is 2.33. The van der Waals surface area contributed by atoms with Crippen LogP contribution in [0.25, 0.3) is 10.4 Å². The fourth-order valence-electron chi connectivity index (χ4n) is 2.44. The van der Waals surface area contributed by atoms with Crippen LogP contribution in [0.3, 0.4) is 0 Å². The minimum atomic E-state index is -0.578. The van der Waals surface area contributed by atoms with Crippen LogP contribution in [0.5, 0.6) is 0 Å². The Morgan fingerprint density at radius 1 is 1.12 bits per heavy atom. The van der Waals surface area contributed by atoms with Gasteiger partial charge in [0.1, 0.15) is 11.2 Å². The van der Waals surface area contributed by atoms with Crippen LogP contribution >= 0.6 is 0 Å². The lowest BCUT2D eigenvalue weighted by molar-refractivity contribution is -0.157. The molecule has 1 heterocycles. The second kappa shape index (κ2) is 8.40. The van der Waals surface area contributed by atoms with Gasteiger partial charge in [-0.2, -0.15) is 0 Å². The molecule has 1 aliphatic heterocycles. The zero-order chi connectivity index (χ0) is 19.3. The molecule has 0 N–H and O–H groups in total. The summed E-state index contributed by atoms with van der Waals surface area (Å²) in [5.74, 6) is -0.343. The lowest BCUT2D eigenvalue weighted by atomic mass is 10.1. The lowest BCUT2D eigenvalue weighted by Gasteiger charge is -2.40. The van der Waals surface area contributed by atoms with E-state index in [1.807, 2.05) is 25.7 Å². The number of rotatable bonds is 4. The number of carbonyl (C=O) groups is 2. The molecule has 9 nitrogen and oxygen atoms in total. The quantitative estimate of drug-likeness (QED) is 0.333. The first-order valence-corrected chi connectivity index (χ1v) is 8.36.